The molecule has 5 heteroatoms. The Hall–Kier alpha value is -1.33. The van der Waals surface area contributed by atoms with E-state index in [1.54, 1.807) is 18.4 Å². The lowest BCUT2D eigenvalue weighted by atomic mass is 10.1. The van der Waals surface area contributed by atoms with Gasteiger partial charge in [0.1, 0.15) is 6.17 Å². The molecule has 2 aliphatic heterocycles. The van der Waals surface area contributed by atoms with Gasteiger partial charge in [0, 0.05) is 13.1 Å². The van der Waals surface area contributed by atoms with E-state index in [1.165, 1.54) is 0 Å². The second-order valence-electron chi connectivity index (χ2n) is 3.50. The van der Waals surface area contributed by atoms with E-state index < -0.39 is 5.97 Å². The first kappa shape index (κ1) is 10.2. The van der Waals surface area contributed by atoms with Crippen LogP contribution in [0.1, 0.15) is 0 Å². The van der Waals surface area contributed by atoms with Crippen LogP contribution in [0.25, 0.3) is 0 Å². The van der Waals surface area contributed by atoms with Gasteiger partial charge in [-0.1, -0.05) is 0 Å². The highest BCUT2D eigenvalue weighted by Crippen LogP contribution is 2.13. The summed E-state index contributed by atoms with van der Waals surface area (Å²) in [6.45, 7) is 2.84. The summed E-state index contributed by atoms with van der Waals surface area (Å²) in [6.07, 6.45) is 4.89. The van der Waals surface area contributed by atoms with Crippen LogP contribution in [-0.4, -0.2) is 48.4 Å². The SMILES string of the molecule is O=C(O)C1=CC=CNC1N1CCOCC1. The molecule has 0 aromatic rings. The average Bonchev–Trinajstić information content (AvgIpc) is 2.30. The van der Waals surface area contributed by atoms with Crippen molar-refractivity contribution >= 4 is 5.97 Å². The number of rotatable bonds is 2. The Kier molecular flexibility index (Phi) is 3.03. The van der Waals surface area contributed by atoms with Gasteiger partial charge in [-0.05, 0) is 18.4 Å². The van der Waals surface area contributed by atoms with Crippen LogP contribution >= 0.6 is 0 Å². The van der Waals surface area contributed by atoms with E-state index in [0.29, 0.717) is 18.8 Å². The standard InChI is InChI=1S/C10H14N2O3/c13-10(14)8-2-1-3-11-9(8)12-4-6-15-7-5-12/h1-3,9,11H,4-7H2,(H,13,14). The van der Waals surface area contributed by atoms with Crippen molar-refractivity contribution in [3.8, 4) is 0 Å². The number of aliphatic carboxylic acids is 1. The van der Waals surface area contributed by atoms with Crippen LogP contribution in [0.4, 0.5) is 0 Å². The lowest BCUT2D eigenvalue weighted by Gasteiger charge is -2.35. The largest absolute Gasteiger partial charge is 0.478 e. The minimum absolute atomic E-state index is 0.226. The van der Waals surface area contributed by atoms with Crippen LogP contribution in [0.15, 0.2) is 23.9 Å². The molecule has 15 heavy (non-hydrogen) atoms. The van der Waals surface area contributed by atoms with Crippen molar-refractivity contribution in [1.82, 2.24) is 10.2 Å². The third-order valence-electron chi connectivity index (χ3n) is 2.58. The minimum atomic E-state index is -0.872. The molecule has 0 aromatic heterocycles. The predicted molar refractivity (Wildman–Crippen MR) is 54.2 cm³/mol. The van der Waals surface area contributed by atoms with Gasteiger partial charge in [0.25, 0.3) is 0 Å². The van der Waals surface area contributed by atoms with Crippen LogP contribution in [0.5, 0.6) is 0 Å². The highest BCUT2D eigenvalue weighted by Gasteiger charge is 2.27. The molecule has 0 aliphatic carbocycles. The van der Waals surface area contributed by atoms with Crippen LogP contribution in [-0.2, 0) is 9.53 Å². The lowest BCUT2D eigenvalue weighted by Crippen LogP contribution is -2.51. The fourth-order valence-corrected chi connectivity index (χ4v) is 1.81. The van der Waals surface area contributed by atoms with E-state index >= 15 is 0 Å². The molecular formula is C10H14N2O3. The summed E-state index contributed by atoms with van der Waals surface area (Å²) in [7, 11) is 0. The first-order valence-electron chi connectivity index (χ1n) is 4.97. The molecule has 1 unspecified atom stereocenters. The molecule has 1 saturated heterocycles. The van der Waals surface area contributed by atoms with Crippen molar-refractivity contribution in [3.05, 3.63) is 23.9 Å². The number of nitrogens with zero attached hydrogens (tertiary/aromatic N) is 1. The summed E-state index contributed by atoms with van der Waals surface area (Å²) in [5.74, 6) is -0.872. The molecule has 0 bridgehead atoms. The minimum Gasteiger partial charge on any atom is -0.478 e. The topological polar surface area (TPSA) is 61.8 Å². The Morgan fingerprint density at radius 2 is 2.27 bits per heavy atom. The second-order valence-corrected chi connectivity index (χ2v) is 3.50. The summed E-state index contributed by atoms with van der Waals surface area (Å²) in [5.41, 5.74) is 0.388. The quantitative estimate of drug-likeness (QED) is 0.659. The maximum Gasteiger partial charge on any atom is 0.335 e. The number of allylic oxidation sites excluding steroid dienone is 2. The van der Waals surface area contributed by atoms with Crippen molar-refractivity contribution < 1.29 is 14.6 Å². The van der Waals surface area contributed by atoms with Crippen LogP contribution in [0.2, 0.25) is 0 Å². The van der Waals surface area contributed by atoms with Gasteiger partial charge < -0.3 is 15.2 Å². The van der Waals surface area contributed by atoms with Gasteiger partial charge in [0.2, 0.25) is 0 Å². The fourth-order valence-electron chi connectivity index (χ4n) is 1.81. The van der Waals surface area contributed by atoms with Crippen molar-refractivity contribution in [1.29, 1.82) is 0 Å². The van der Waals surface area contributed by atoms with Gasteiger partial charge in [-0.25, -0.2) is 4.79 Å². The summed E-state index contributed by atoms with van der Waals surface area (Å²) in [5, 5.41) is 12.1. The molecule has 2 N–H and O–H groups in total. The normalized spacial score (nSPS) is 26.9. The highest BCUT2D eigenvalue weighted by molar-refractivity contribution is 5.88. The van der Waals surface area contributed by atoms with Gasteiger partial charge in [-0.3, -0.25) is 4.90 Å². The molecule has 0 amide bonds. The number of hydrogen-bond donors (Lipinski definition) is 2. The van der Waals surface area contributed by atoms with E-state index in [0.717, 1.165) is 13.1 Å². The number of hydrogen-bond acceptors (Lipinski definition) is 4. The van der Waals surface area contributed by atoms with Crippen LogP contribution in [0.3, 0.4) is 0 Å². The predicted octanol–water partition coefficient (Wildman–Crippen LogP) is -0.227. The highest BCUT2D eigenvalue weighted by atomic mass is 16.5. The Bertz CT molecular complexity index is 306. The first-order chi connectivity index (χ1) is 7.29. The molecular weight excluding hydrogens is 196 g/mol. The Morgan fingerprint density at radius 1 is 1.53 bits per heavy atom. The van der Waals surface area contributed by atoms with E-state index in [1.807, 2.05) is 0 Å². The van der Waals surface area contributed by atoms with E-state index in [9.17, 15) is 4.79 Å². The third kappa shape index (κ3) is 2.19. The molecule has 0 spiro atoms. The second kappa shape index (κ2) is 4.46. The smallest absolute Gasteiger partial charge is 0.335 e. The first-order valence-corrected chi connectivity index (χ1v) is 4.97. The lowest BCUT2D eigenvalue weighted by molar-refractivity contribution is -0.133. The monoisotopic (exact) mass is 210 g/mol. The average molecular weight is 210 g/mol. The molecule has 0 radical (unpaired) electrons. The number of morpholine rings is 1. The number of carbonyl (C=O) groups is 1. The Balaban J connectivity index is 2.10. The zero-order valence-corrected chi connectivity index (χ0v) is 8.35. The summed E-state index contributed by atoms with van der Waals surface area (Å²) >= 11 is 0. The van der Waals surface area contributed by atoms with Crippen LogP contribution in [0, 0.1) is 0 Å². The van der Waals surface area contributed by atoms with Crippen molar-refractivity contribution in [3.63, 3.8) is 0 Å². The number of dihydropyridines is 1. The zero-order valence-electron chi connectivity index (χ0n) is 8.35. The summed E-state index contributed by atoms with van der Waals surface area (Å²) in [4.78, 5) is 13.1. The van der Waals surface area contributed by atoms with E-state index in [-0.39, 0.29) is 6.17 Å². The number of carboxylic acids is 1. The maximum absolute atomic E-state index is 11.0. The van der Waals surface area contributed by atoms with Crippen LogP contribution < -0.4 is 5.32 Å². The number of ether oxygens (including phenoxy) is 1. The molecule has 5 nitrogen and oxygen atoms in total. The third-order valence-corrected chi connectivity index (χ3v) is 2.58. The Labute approximate surface area is 88.0 Å². The molecule has 82 valence electrons. The zero-order chi connectivity index (χ0) is 10.7. The molecule has 0 aromatic carbocycles. The fraction of sp³-hybridized carbons (Fsp3) is 0.500. The van der Waals surface area contributed by atoms with Gasteiger partial charge >= 0.3 is 5.97 Å². The Morgan fingerprint density at radius 3 is 2.93 bits per heavy atom. The van der Waals surface area contributed by atoms with Crippen molar-refractivity contribution in [2.24, 2.45) is 0 Å². The van der Waals surface area contributed by atoms with Gasteiger partial charge in [-0.2, -0.15) is 0 Å². The molecule has 2 aliphatic rings. The van der Waals surface area contributed by atoms with Crippen molar-refractivity contribution in [2.75, 3.05) is 26.3 Å². The van der Waals surface area contributed by atoms with Gasteiger partial charge in [-0.15, -0.1) is 0 Å². The van der Waals surface area contributed by atoms with E-state index in [2.05, 4.69) is 10.2 Å². The number of carboxylic acid groups (broad SMARTS) is 1. The maximum atomic E-state index is 11.0. The molecule has 1 atom stereocenters. The van der Waals surface area contributed by atoms with Gasteiger partial charge in [0.05, 0.1) is 18.8 Å². The molecule has 2 heterocycles. The molecule has 0 saturated carbocycles. The summed E-state index contributed by atoms with van der Waals surface area (Å²) < 4.78 is 5.23. The number of nitrogens with one attached hydrogen (secondary N) is 1. The van der Waals surface area contributed by atoms with Crippen molar-refractivity contribution in [2.45, 2.75) is 6.17 Å². The summed E-state index contributed by atoms with van der Waals surface area (Å²) in [6, 6.07) is 0. The van der Waals surface area contributed by atoms with Gasteiger partial charge in [0.15, 0.2) is 0 Å². The van der Waals surface area contributed by atoms with E-state index in [4.69, 9.17) is 9.84 Å². The molecule has 2 rings (SSSR count). The molecule has 1 fully saturated rings.